The first-order valence-corrected chi connectivity index (χ1v) is 6.65. The Balaban J connectivity index is 2.04. The first-order valence-electron chi connectivity index (χ1n) is 6.65. The molecular weight excluding hydrogens is 278 g/mol. The summed E-state index contributed by atoms with van der Waals surface area (Å²) in [6.07, 6.45) is -6.15. The molecule has 1 saturated heterocycles. The fourth-order valence-electron chi connectivity index (χ4n) is 2.06. The van der Waals surface area contributed by atoms with Crippen LogP contribution in [0.3, 0.4) is 0 Å². The number of ether oxygens (including phenoxy) is 2. The predicted octanol–water partition coefficient (Wildman–Crippen LogP) is -0.991. The number of carbonyl (C=O) groups is 1. The molecule has 2 unspecified atom stereocenters. The smallest absolute Gasteiger partial charge is 0.229 e. The number of carbonyl (C=O) groups excluding carboxylic acids is 1. The Labute approximate surface area is 122 Å². The maximum Gasteiger partial charge on any atom is 0.229 e. The van der Waals surface area contributed by atoms with Gasteiger partial charge in [0.25, 0.3) is 0 Å². The molecule has 0 aromatic heterocycles. The molecule has 0 aliphatic carbocycles. The van der Waals surface area contributed by atoms with E-state index >= 15 is 0 Å². The molecule has 1 aliphatic heterocycles. The number of aliphatic hydroxyl groups excluding tert-OH is 3. The Morgan fingerprint density at radius 3 is 2.48 bits per heavy atom. The molecule has 21 heavy (non-hydrogen) atoms. The molecular formula is C14H19NO6. The maximum absolute atomic E-state index is 10.9. The Morgan fingerprint density at radius 1 is 1.19 bits per heavy atom. The van der Waals surface area contributed by atoms with Gasteiger partial charge in [0.05, 0.1) is 0 Å². The Kier molecular flexibility index (Phi) is 5.13. The van der Waals surface area contributed by atoms with Crippen LogP contribution in [-0.2, 0) is 9.53 Å². The van der Waals surface area contributed by atoms with E-state index in [0.717, 1.165) is 0 Å². The maximum atomic E-state index is 10.9. The number of para-hydroxylation sites is 1. The van der Waals surface area contributed by atoms with Gasteiger partial charge in [0.1, 0.15) is 30.2 Å². The van der Waals surface area contributed by atoms with Gasteiger partial charge in [-0.15, -0.1) is 0 Å². The molecule has 7 nitrogen and oxygen atoms in total. The second-order valence-electron chi connectivity index (χ2n) is 4.88. The lowest BCUT2D eigenvalue weighted by Crippen LogP contribution is -2.61. The normalized spacial score (nSPS) is 32.5. The minimum Gasteiger partial charge on any atom is -0.462 e. The van der Waals surface area contributed by atoms with E-state index in [1.807, 2.05) is 6.07 Å². The van der Waals surface area contributed by atoms with Crippen molar-refractivity contribution in [1.82, 2.24) is 5.32 Å². The number of hydrogen-bond donors (Lipinski definition) is 4. The zero-order valence-electron chi connectivity index (χ0n) is 11.5. The number of benzene rings is 1. The Morgan fingerprint density at radius 2 is 1.86 bits per heavy atom. The van der Waals surface area contributed by atoms with Gasteiger partial charge in [-0.05, 0) is 12.1 Å². The van der Waals surface area contributed by atoms with Gasteiger partial charge in [0, 0.05) is 13.5 Å². The minimum atomic E-state index is -1.42. The molecule has 4 N–H and O–H groups in total. The highest BCUT2D eigenvalue weighted by Crippen LogP contribution is 2.23. The van der Waals surface area contributed by atoms with E-state index in [2.05, 4.69) is 5.32 Å². The Hall–Kier alpha value is -1.67. The third-order valence-electron chi connectivity index (χ3n) is 3.22. The van der Waals surface area contributed by atoms with Gasteiger partial charge < -0.3 is 30.1 Å². The summed E-state index contributed by atoms with van der Waals surface area (Å²) in [4.78, 5) is 10.9. The standard InChI is InChI=1S/C14H19NO6/c1-8(16)15-7-10-11(17)12(18)13(19)14(21-10)20-9-5-3-2-4-6-9/h2-6,10-14,17-19H,7H2,1H3,(H,15,16)/t10?,11-,12?,13+,14-/m1/s1. The van der Waals surface area contributed by atoms with Crippen molar-refractivity contribution in [3.63, 3.8) is 0 Å². The first-order chi connectivity index (χ1) is 9.99. The van der Waals surface area contributed by atoms with Crippen molar-refractivity contribution in [3.05, 3.63) is 30.3 Å². The molecule has 1 aromatic rings. The number of rotatable bonds is 4. The van der Waals surface area contributed by atoms with Crippen molar-refractivity contribution in [3.8, 4) is 5.75 Å². The van der Waals surface area contributed by atoms with Crippen LogP contribution in [0.5, 0.6) is 5.75 Å². The first kappa shape index (κ1) is 15.7. The van der Waals surface area contributed by atoms with Crippen LogP contribution in [0.15, 0.2) is 30.3 Å². The van der Waals surface area contributed by atoms with Crippen LogP contribution >= 0.6 is 0 Å². The summed E-state index contributed by atoms with van der Waals surface area (Å²) >= 11 is 0. The molecule has 0 radical (unpaired) electrons. The molecule has 0 saturated carbocycles. The molecule has 116 valence electrons. The number of hydrogen-bond acceptors (Lipinski definition) is 6. The topological polar surface area (TPSA) is 108 Å². The van der Waals surface area contributed by atoms with E-state index in [1.54, 1.807) is 24.3 Å². The van der Waals surface area contributed by atoms with Crippen LogP contribution in [-0.4, -0.2) is 58.5 Å². The average molecular weight is 297 g/mol. The fourth-order valence-corrected chi connectivity index (χ4v) is 2.06. The summed E-state index contributed by atoms with van der Waals surface area (Å²) in [5.41, 5.74) is 0. The Bertz CT molecular complexity index is 468. The largest absolute Gasteiger partial charge is 0.462 e. The lowest BCUT2D eigenvalue weighted by molar-refractivity contribution is -0.270. The molecule has 0 spiro atoms. The van der Waals surface area contributed by atoms with Crippen LogP contribution in [0.25, 0.3) is 0 Å². The summed E-state index contributed by atoms with van der Waals surface area (Å²) < 4.78 is 10.9. The molecule has 1 heterocycles. The van der Waals surface area contributed by atoms with E-state index < -0.39 is 30.7 Å². The van der Waals surface area contributed by atoms with Gasteiger partial charge in [-0.2, -0.15) is 0 Å². The van der Waals surface area contributed by atoms with E-state index in [9.17, 15) is 20.1 Å². The molecule has 7 heteroatoms. The molecule has 1 aliphatic rings. The van der Waals surface area contributed by atoms with Crippen LogP contribution in [0.1, 0.15) is 6.92 Å². The van der Waals surface area contributed by atoms with E-state index in [-0.39, 0.29) is 12.5 Å². The minimum absolute atomic E-state index is 0.00886. The van der Waals surface area contributed by atoms with Crippen LogP contribution in [0.2, 0.25) is 0 Å². The van der Waals surface area contributed by atoms with Gasteiger partial charge in [-0.25, -0.2) is 0 Å². The molecule has 5 atom stereocenters. The molecule has 1 amide bonds. The SMILES string of the molecule is CC(=O)NCC1O[C@@H](Oc2ccccc2)[C@@H](O)C(O)[C@@H]1O. The summed E-state index contributed by atoms with van der Waals surface area (Å²) in [5.74, 6) is 0.176. The average Bonchev–Trinajstić information content (AvgIpc) is 2.47. The summed E-state index contributed by atoms with van der Waals surface area (Å²) in [6, 6.07) is 8.67. The monoisotopic (exact) mass is 297 g/mol. The summed E-state index contributed by atoms with van der Waals surface area (Å²) in [6.45, 7) is 1.34. The van der Waals surface area contributed by atoms with Crippen molar-refractivity contribution >= 4 is 5.91 Å². The van der Waals surface area contributed by atoms with Crippen molar-refractivity contribution in [2.24, 2.45) is 0 Å². The van der Waals surface area contributed by atoms with Crippen LogP contribution < -0.4 is 10.1 Å². The van der Waals surface area contributed by atoms with Gasteiger partial charge >= 0.3 is 0 Å². The molecule has 1 aromatic carbocycles. The van der Waals surface area contributed by atoms with E-state index in [0.29, 0.717) is 5.75 Å². The second kappa shape index (κ2) is 6.86. The highest BCUT2D eigenvalue weighted by molar-refractivity contribution is 5.72. The third-order valence-corrected chi connectivity index (χ3v) is 3.22. The lowest BCUT2D eigenvalue weighted by Gasteiger charge is -2.40. The van der Waals surface area contributed by atoms with E-state index in [4.69, 9.17) is 9.47 Å². The summed E-state index contributed by atoms with van der Waals surface area (Å²) in [5, 5.41) is 32.1. The van der Waals surface area contributed by atoms with Crippen molar-refractivity contribution in [2.75, 3.05) is 6.54 Å². The van der Waals surface area contributed by atoms with Crippen molar-refractivity contribution in [1.29, 1.82) is 0 Å². The quantitative estimate of drug-likeness (QED) is 0.568. The predicted molar refractivity (Wildman–Crippen MR) is 72.4 cm³/mol. The van der Waals surface area contributed by atoms with Crippen molar-refractivity contribution < 1.29 is 29.6 Å². The molecule has 2 rings (SSSR count). The molecule has 0 bridgehead atoms. The van der Waals surface area contributed by atoms with Gasteiger partial charge in [-0.1, -0.05) is 18.2 Å². The van der Waals surface area contributed by atoms with Crippen molar-refractivity contribution in [2.45, 2.75) is 37.6 Å². The fraction of sp³-hybridized carbons (Fsp3) is 0.500. The van der Waals surface area contributed by atoms with E-state index in [1.165, 1.54) is 6.92 Å². The highest BCUT2D eigenvalue weighted by atomic mass is 16.7. The van der Waals surface area contributed by atoms with Crippen LogP contribution in [0.4, 0.5) is 0 Å². The lowest BCUT2D eigenvalue weighted by atomic mass is 9.99. The van der Waals surface area contributed by atoms with Crippen LogP contribution in [0, 0.1) is 0 Å². The number of aliphatic hydroxyl groups is 3. The number of amides is 1. The summed E-state index contributed by atoms with van der Waals surface area (Å²) in [7, 11) is 0. The van der Waals surface area contributed by atoms with Gasteiger partial charge in [-0.3, -0.25) is 4.79 Å². The highest BCUT2D eigenvalue weighted by Gasteiger charge is 2.44. The molecule has 1 fully saturated rings. The zero-order chi connectivity index (χ0) is 15.4. The van der Waals surface area contributed by atoms with Gasteiger partial charge in [0.15, 0.2) is 0 Å². The van der Waals surface area contributed by atoms with Gasteiger partial charge in [0.2, 0.25) is 12.2 Å². The third kappa shape index (κ3) is 3.92. The zero-order valence-corrected chi connectivity index (χ0v) is 11.5. The second-order valence-corrected chi connectivity index (χ2v) is 4.88. The number of nitrogens with one attached hydrogen (secondary N) is 1.